The van der Waals surface area contributed by atoms with Crippen molar-refractivity contribution in [3.05, 3.63) is 34.4 Å². The van der Waals surface area contributed by atoms with Gasteiger partial charge in [0.15, 0.2) is 0 Å². The minimum absolute atomic E-state index is 0.00762. The lowest BCUT2D eigenvalue weighted by Gasteiger charge is -2.20. The predicted octanol–water partition coefficient (Wildman–Crippen LogP) is 2.39. The van der Waals surface area contributed by atoms with Crippen molar-refractivity contribution in [3.63, 3.8) is 0 Å². The molecular formula is C16H21NO6. The van der Waals surface area contributed by atoms with Crippen LogP contribution in [0.1, 0.15) is 47.8 Å². The van der Waals surface area contributed by atoms with Gasteiger partial charge >= 0.3 is 12.1 Å². The molecule has 1 amide bonds. The van der Waals surface area contributed by atoms with Crippen LogP contribution in [-0.4, -0.2) is 29.2 Å². The number of hydrogen-bond acceptors (Lipinski definition) is 5. The fraction of sp³-hybridized carbons (Fsp3) is 0.438. The molecule has 1 rings (SSSR count). The Balaban J connectivity index is 2.97. The standard InChI is InChI=1S/C16H21NO6/c1-10-5-11(8-22-9-18)6-12(13(10)14(19)20)7-17-15(21)23-16(2,3)4/h5-6,9H,7-8H2,1-4H3,(H,17,21)(H,19,20). The number of amides is 1. The average Bonchev–Trinajstić information content (AvgIpc) is 2.40. The summed E-state index contributed by atoms with van der Waals surface area (Å²) in [7, 11) is 0. The molecular weight excluding hydrogens is 302 g/mol. The molecule has 0 saturated heterocycles. The minimum Gasteiger partial charge on any atom is -0.478 e. The van der Waals surface area contributed by atoms with Gasteiger partial charge in [0.1, 0.15) is 12.2 Å². The van der Waals surface area contributed by atoms with Crippen LogP contribution in [0.25, 0.3) is 0 Å². The van der Waals surface area contributed by atoms with Gasteiger partial charge in [-0.25, -0.2) is 9.59 Å². The number of benzene rings is 1. The summed E-state index contributed by atoms with van der Waals surface area (Å²) < 4.78 is 9.80. The Bertz CT molecular complexity index is 603. The Morgan fingerprint density at radius 2 is 1.96 bits per heavy atom. The van der Waals surface area contributed by atoms with Crippen LogP contribution < -0.4 is 5.32 Å². The number of alkyl carbamates (subject to hydrolysis) is 1. The molecule has 7 nitrogen and oxygen atoms in total. The zero-order valence-electron chi connectivity index (χ0n) is 13.6. The molecule has 0 aromatic heterocycles. The fourth-order valence-corrected chi connectivity index (χ4v) is 2.08. The first-order valence-electron chi connectivity index (χ1n) is 7.02. The lowest BCUT2D eigenvalue weighted by atomic mass is 9.98. The number of hydrogen-bond donors (Lipinski definition) is 2. The number of carbonyl (C=O) groups excluding carboxylic acids is 2. The van der Waals surface area contributed by atoms with Gasteiger partial charge in [-0.05, 0) is 50.5 Å². The summed E-state index contributed by atoms with van der Waals surface area (Å²) in [6.07, 6.45) is -0.638. The maximum Gasteiger partial charge on any atom is 0.407 e. The highest BCUT2D eigenvalue weighted by Crippen LogP contribution is 2.19. The fourth-order valence-electron chi connectivity index (χ4n) is 2.08. The molecule has 0 atom stereocenters. The van der Waals surface area contributed by atoms with Crippen LogP contribution in [0.3, 0.4) is 0 Å². The van der Waals surface area contributed by atoms with E-state index in [4.69, 9.17) is 4.74 Å². The first-order valence-corrected chi connectivity index (χ1v) is 7.02. The van der Waals surface area contributed by atoms with E-state index >= 15 is 0 Å². The number of aryl methyl sites for hydroxylation is 1. The third-order valence-corrected chi connectivity index (χ3v) is 2.83. The van der Waals surface area contributed by atoms with Gasteiger partial charge < -0.3 is 19.9 Å². The SMILES string of the molecule is Cc1cc(COC=O)cc(CNC(=O)OC(C)(C)C)c1C(=O)O. The van der Waals surface area contributed by atoms with Crippen molar-refractivity contribution in [3.8, 4) is 0 Å². The van der Waals surface area contributed by atoms with E-state index < -0.39 is 17.7 Å². The van der Waals surface area contributed by atoms with Crippen LogP contribution >= 0.6 is 0 Å². The van der Waals surface area contributed by atoms with Crippen LogP contribution in [-0.2, 0) is 27.4 Å². The molecule has 126 valence electrons. The van der Waals surface area contributed by atoms with Gasteiger partial charge in [0.05, 0.1) is 5.56 Å². The molecule has 1 aromatic carbocycles. The van der Waals surface area contributed by atoms with E-state index in [1.54, 1.807) is 39.8 Å². The largest absolute Gasteiger partial charge is 0.478 e. The normalized spacial score (nSPS) is 10.8. The molecule has 0 aliphatic carbocycles. The highest BCUT2D eigenvalue weighted by molar-refractivity contribution is 5.91. The highest BCUT2D eigenvalue weighted by atomic mass is 16.6. The molecule has 7 heteroatoms. The second-order valence-corrected chi connectivity index (χ2v) is 6.01. The summed E-state index contributed by atoms with van der Waals surface area (Å²) in [4.78, 5) is 33.4. The summed E-state index contributed by atoms with van der Waals surface area (Å²) in [5.41, 5.74) is 1.03. The predicted molar refractivity (Wildman–Crippen MR) is 82.1 cm³/mol. The van der Waals surface area contributed by atoms with E-state index in [2.05, 4.69) is 10.1 Å². The summed E-state index contributed by atoms with van der Waals surface area (Å²) in [6.45, 7) is 7.18. The van der Waals surface area contributed by atoms with Crippen molar-refractivity contribution < 1.29 is 29.0 Å². The van der Waals surface area contributed by atoms with Gasteiger partial charge in [-0.3, -0.25) is 4.79 Å². The van der Waals surface area contributed by atoms with E-state index in [0.717, 1.165) is 0 Å². The molecule has 1 aromatic rings. The molecule has 0 aliphatic heterocycles. The zero-order valence-corrected chi connectivity index (χ0v) is 13.6. The van der Waals surface area contributed by atoms with Crippen LogP contribution in [0, 0.1) is 6.92 Å². The van der Waals surface area contributed by atoms with E-state index in [9.17, 15) is 19.5 Å². The van der Waals surface area contributed by atoms with Crippen molar-refractivity contribution in [1.29, 1.82) is 0 Å². The Morgan fingerprint density at radius 1 is 1.30 bits per heavy atom. The molecule has 0 unspecified atom stereocenters. The summed E-state index contributed by atoms with van der Waals surface area (Å²) in [6, 6.07) is 3.21. The Hall–Kier alpha value is -2.57. The third-order valence-electron chi connectivity index (χ3n) is 2.83. The third kappa shape index (κ3) is 5.98. The van der Waals surface area contributed by atoms with Crippen molar-refractivity contribution in [1.82, 2.24) is 5.32 Å². The van der Waals surface area contributed by atoms with Crippen molar-refractivity contribution in [2.24, 2.45) is 0 Å². The minimum atomic E-state index is -1.09. The molecule has 0 radical (unpaired) electrons. The topological polar surface area (TPSA) is 102 Å². The second kappa shape index (κ2) is 7.62. The maximum atomic E-state index is 11.7. The number of nitrogens with one attached hydrogen (secondary N) is 1. The number of carboxylic acids is 1. The zero-order chi connectivity index (χ0) is 17.6. The van der Waals surface area contributed by atoms with Crippen LogP contribution in [0.2, 0.25) is 0 Å². The number of carboxylic acid groups (broad SMARTS) is 1. The van der Waals surface area contributed by atoms with Crippen LogP contribution in [0.15, 0.2) is 12.1 Å². The molecule has 0 saturated carbocycles. The van der Waals surface area contributed by atoms with Gasteiger partial charge in [-0.15, -0.1) is 0 Å². The monoisotopic (exact) mass is 323 g/mol. The van der Waals surface area contributed by atoms with Gasteiger partial charge in [0.2, 0.25) is 0 Å². The van der Waals surface area contributed by atoms with Gasteiger partial charge in [-0.2, -0.15) is 0 Å². The van der Waals surface area contributed by atoms with Crippen LogP contribution in [0.4, 0.5) is 4.79 Å². The highest BCUT2D eigenvalue weighted by Gasteiger charge is 2.18. The Labute approximate surface area is 134 Å². The number of rotatable bonds is 6. The number of carbonyl (C=O) groups is 3. The lowest BCUT2D eigenvalue weighted by molar-refractivity contribution is -0.129. The first-order chi connectivity index (χ1) is 10.6. The van der Waals surface area contributed by atoms with Crippen LogP contribution in [0.5, 0.6) is 0 Å². The Morgan fingerprint density at radius 3 is 2.48 bits per heavy atom. The summed E-state index contributed by atoms with van der Waals surface area (Å²) >= 11 is 0. The molecule has 2 N–H and O–H groups in total. The Kier molecular flexibility index (Phi) is 6.12. The van der Waals surface area contributed by atoms with Gasteiger partial charge in [-0.1, -0.05) is 6.07 Å². The summed E-state index contributed by atoms with van der Waals surface area (Å²) in [5, 5.41) is 11.9. The van der Waals surface area contributed by atoms with E-state index in [1.807, 2.05) is 0 Å². The van der Waals surface area contributed by atoms with E-state index in [-0.39, 0.29) is 18.7 Å². The first kappa shape index (κ1) is 18.5. The smallest absolute Gasteiger partial charge is 0.407 e. The molecule has 0 bridgehead atoms. The maximum absolute atomic E-state index is 11.7. The van der Waals surface area contributed by atoms with Crippen molar-refractivity contribution in [2.75, 3.05) is 0 Å². The van der Waals surface area contributed by atoms with E-state index in [0.29, 0.717) is 23.2 Å². The quantitative estimate of drug-likeness (QED) is 0.779. The molecule has 0 fully saturated rings. The molecule has 0 heterocycles. The average molecular weight is 323 g/mol. The molecule has 23 heavy (non-hydrogen) atoms. The van der Waals surface area contributed by atoms with Gasteiger partial charge in [0, 0.05) is 6.54 Å². The van der Waals surface area contributed by atoms with Gasteiger partial charge in [0.25, 0.3) is 6.47 Å². The molecule has 0 spiro atoms. The second-order valence-electron chi connectivity index (χ2n) is 6.01. The summed E-state index contributed by atoms with van der Waals surface area (Å²) in [5.74, 6) is -1.09. The lowest BCUT2D eigenvalue weighted by Crippen LogP contribution is -2.32. The van der Waals surface area contributed by atoms with E-state index in [1.165, 1.54) is 0 Å². The molecule has 0 aliphatic rings. The van der Waals surface area contributed by atoms with Crippen molar-refractivity contribution in [2.45, 2.75) is 46.4 Å². The van der Waals surface area contributed by atoms with Crippen molar-refractivity contribution >= 4 is 18.5 Å². The number of ether oxygens (including phenoxy) is 2. The number of aromatic carboxylic acids is 1.